The van der Waals surface area contributed by atoms with Crippen LogP contribution in [0.3, 0.4) is 0 Å². The molecule has 94 valence electrons. The number of fused-ring (bicyclic) bond motifs is 1. The fourth-order valence-corrected chi connectivity index (χ4v) is 2.02. The van der Waals surface area contributed by atoms with Crippen molar-refractivity contribution in [1.29, 1.82) is 0 Å². The van der Waals surface area contributed by atoms with Crippen LogP contribution in [0.5, 0.6) is 5.75 Å². The second-order valence-electron chi connectivity index (χ2n) is 4.15. The zero-order valence-electron chi connectivity index (χ0n) is 10.6. The lowest BCUT2D eigenvalue weighted by Gasteiger charge is -2.08. The number of ether oxygens (including phenoxy) is 2. The summed E-state index contributed by atoms with van der Waals surface area (Å²) in [5, 5.41) is 2.17. The normalized spacial score (nSPS) is 10.6. The van der Waals surface area contributed by atoms with Crippen LogP contribution in [-0.4, -0.2) is 26.6 Å². The Hall–Kier alpha value is -1.87. The fourth-order valence-electron chi connectivity index (χ4n) is 2.02. The molecule has 0 aliphatic carbocycles. The van der Waals surface area contributed by atoms with Crippen molar-refractivity contribution in [2.24, 2.45) is 0 Å². The quantitative estimate of drug-likeness (QED) is 0.811. The molecule has 3 heteroatoms. The first-order valence-corrected chi connectivity index (χ1v) is 5.81. The topological polar surface area (TPSA) is 35.5 Å². The van der Waals surface area contributed by atoms with Gasteiger partial charge in [-0.05, 0) is 28.5 Å². The van der Waals surface area contributed by atoms with E-state index in [1.54, 1.807) is 7.11 Å². The van der Waals surface area contributed by atoms with Crippen LogP contribution >= 0.6 is 0 Å². The van der Waals surface area contributed by atoms with Crippen molar-refractivity contribution in [2.75, 3.05) is 20.8 Å². The van der Waals surface area contributed by atoms with E-state index in [2.05, 4.69) is 0 Å². The van der Waals surface area contributed by atoms with Gasteiger partial charge in [-0.25, -0.2) is 0 Å². The molecule has 2 aromatic rings. The van der Waals surface area contributed by atoms with E-state index < -0.39 is 0 Å². The monoisotopic (exact) mass is 244 g/mol. The molecule has 0 aliphatic heterocycles. The molecule has 0 aliphatic rings. The summed E-state index contributed by atoms with van der Waals surface area (Å²) >= 11 is 0. The van der Waals surface area contributed by atoms with E-state index in [1.807, 2.05) is 36.4 Å². The molecule has 0 spiro atoms. The van der Waals surface area contributed by atoms with Crippen LogP contribution in [0.2, 0.25) is 0 Å². The Morgan fingerprint density at radius 3 is 2.72 bits per heavy atom. The molecule has 2 aromatic carbocycles. The summed E-state index contributed by atoms with van der Waals surface area (Å²) < 4.78 is 10.1. The molecule has 0 bridgehead atoms. The van der Waals surface area contributed by atoms with E-state index in [4.69, 9.17) is 9.47 Å². The Bertz CT molecular complexity index is 561. The van der Waals surface area contributed by atoms with Crippen molar-refractivity contribution in [3.63, 3.8) is 0 Å². The van der Waals surface area contributed by atoms with Gasteiger partial charge in [0.1, 0.15) is 12.4 Å². The number of carbonyl (C=O) groups excluding carboxylic acids is 1. The lowest BCUT2D eigenvalue weighted by atomic mass is 10.0. The smallest absolute Gasteiger partial charge is 0.162 e. The van der Waals surface area contributed by atoms with E-state index >= 15 is 0 Å². The SMILES string of the molecule is COCC(=O)Cc1cccc2ccc(OC)cc12. The summed E-state index contributed by atoms with van der Waals surface area (Å²) in [7, 11) is 3.17. The molecule has 3 nitrogen and oxygen atoms in total. The van der Waals surface area contributed by atoms with Crippen molar-refractivity contribution < 1.29 is 14.3 Å². The third-order valence-corrected chi connectivity index (χ3v) is 2.87. The number of benzene rings is 2. The van der Waals surface area contributed by atoms with Gasteiger partial charge in [0.2, 0.25) is 0 Å². The molecular weight excluding hydrogens is 228 g/mol. The average molecular weight is 244 g/mol. The van der Waals surface area contributed by atoms with Gasteiger partial charge in [-0.15, -0.1) is 0 Å². The molecular formula is C15H16O3. The predicted molar refractivity (Wildman–Crippen MR) is 71.1 cm³/mol. The number of rotatable bonds is 5. The molecule has 0 amide bonds. The number of methoxy groups -OCH3 is 2. The van der Waals surface area contributed by atoms with Gasteiger partial charge in [-0.1, -0.05) is 24.3 Å². The van der Waals surface area contributed by atoms with E-state index in [0.29, 0.717) is 6.42 Å². The van der Waals surface area contributed by atoms with Gasteiger partial charge in [0, 0.05) is 13.5 Å². The largest absolute Gasteiger partial charge is 0.497 e. The molecule has 0 fully saturated rings. The van der Waals surface area contributed by atoms with Crippen LogP contribution in [0, 0.1) is 0 Å². The van der Waals surface area contributed by atoms with Crippen molar-refractivity contribution in [2.45, 2.75) is 6.42 Å². The standard InChI is InChI=1S/C15H16O3/c1-17-10-13(16)8-12-5-3-4-11-6-7-14(18-2)9-15(11)12/h3-7,9H,8,10H2,1-2H3. The van der Waals surface area contributed by atoms with E-state index in [9.17, 15) is 4.79 Å². The third-order valence-electron chi connectivity index (χ3n) is 2.87. The first-order valence-electron chi connectivity index (χ1n) is 5.81. The Labute approximate surface area is 106 Å². The van der Waals surface area contributed by atoms with Gasteiger partial charge < -0.3 is 9.47 Å². The van der Waals surface area contributed by atoms with Crippen LogP contribution in [0.15, 0.2) is 36.4 Å². The molecule has 0 atom stereocenters. The maximum Gasteiger partial charge on any atom is 0.162 e. The number of carbonyl (C=O) groups is 1. The molecule has 0 heterocycles. The summed E-state index contributed by atoms with van der Waals surface area (Å²) in [6, 6.07) is 11.8. The second kappa shape index (κ2) is 5.65. The van der Waals surface area contributed by atoms with Crippen molar-refractivity contribution in [1.82, 2.24) is 0 Å². The van der Waals surface area contributed by atoms with Gasteiger partial charge in [0.05, 0.1) is 7.11 Å². The highest BCUT2D eigenvalue weighted by Gasteiger charge is 2.07. The molecule has 0 aromatic heterocycles. The third kappa shape index (κ3) is 2.68. The maximum atomic E-state index is 11.7. The summed E-state index contributed by atoms with van der Waals surface area (Å²) in [5.74, 6) is 0.877. The predicted octanol–water partition coefficient (Wildman–Crippen LogP) is 2.61. The van der Waals surface area contributed by atoms with Crippen molar-refractivity contribution >= 4 is 16.6 Å². The van der Waals surface area contributed by atoms with Crippen molar-refractivity contribution in [3.8, 4) is 5.75 Å². The first-order chi connectivity index (χ1) is 8.74. The Balaban J connectivity index is 2.40. The minimum Gasteiger partial charge on any atom is -0.497 e. The lowest BCUT2D eigenvalue weighted by molar-refractivity contribution is -0.121. The van der Waals surface area contributed by atoms with Crippen LogP contribution in [-0.2, 0) is 16.0 Å². The zero-order valence-corrected chi connectivity index (χ0v) is 10.6. The Morgan fingerprint density at radius 2 is 2.00 bits per heavy atom. The number of ketones is 1. The molecule has 0 N–H and O–H groups in total. The van der Waals surface area contributed by atoms with Crippen LogP contribution in [0.25, 0.3) is 10.8 Å². The van der Waals surface area contributed by atoms with Crippen LogP contribution < -0.4 is 4.74 Å². The van der Waals surface area contributed by atoms with E-state index in [1.165, 1.54) is 7.11 Å². The van der Waals surface area contributed by atoms with Crippen LogP contribution in [0.1, 0.15) is 5.56 Å². The average Bonchev–Trinajstić information content (AvgIpc) is 2.39. The minimum atomic E-state index is 0.0767. The first kappa shape index (κ1) is 12.6. The highest BCUT2D eigenvalue weighted by molar-refractivity contribution is 5.92. The maximum absolute atomic E-state index is 11.7. The Kier molecular flexibility index (Phi) is 3.95. The van der Waals surface area contributed by atoms with Gasteiger partial charge in [0.15, 0.2) is 5.78 Å². The Morgan fingerprint density at radius 1 is 1.17 bits per heavy atom. The lowest BCUT2D eigenvalue weighted by Crippen LogP contribution is -2.09. The van der Waals surface area contributed by atoms with Gasteiger partial charge >= 0.3 is 0 Å². The molecule has 0 saturated heterocycles. The summed E-state index contributed by atoms with van der Waals surface area (Å²) in [6.07, 6.45) is 0.387. The van der Waals surface area contributed by atoms with Gasteiger partial charge in [-0.3, -0.25) is 4.79 Å². The summed E-state index contributed by atoms with van der Waals surface area (Å²) in [4.78, 5) is 11.7. The number of hydrogen-bond donors (Lipinski definition) is 0. The molecule has 0 saturated carbocycles. The highest BCUT2D eigenvalue weighted by atomic mass is 16.5. The van der Waals surface area contributed by atoms with Crippen LogP contribution in [0.4, 0.5) is 0 Å². The molecule has 2 rings (SSSR count). The number of Topliss-reactive ketones (excluding diaryl/α,β-unsaturated/α-hetero) is 1. The van der Waals surface area contributed by atoms with Gasteiger partial charge in [-0.2, -0.15) is 0 Å². The molecule has 0 radical (unpaired) electrons. The van der Waals surface area contributed by atoms with Gasteiger partial charge in [0.25, 0.3) is 0 Å². The fraction of sp³-hybridized carbons (Fsp3) is 0.267. The van der Waals surface area contributed by atoms with E-state index in [0.717, 1.165) is 22.1 Å². The molecule has 18 heavy (non-hydrogen) atoms. The zero-order chi connectivity index (χ0) is 13.0. The van der Waals surface area contributed by atoms with E-state index in [-0.39, 0.29) is 12.4 Å². The summed E-state index contributed by atoms with van der Waals surface area (Å²) in [5.41, 5.74) is 1.01. The van der Waals surface area contributed by atoms with Crippen molar-refractivity contribution in [3.05, 3.63) is 42.0 Å². The highest BCUT2D eigenvalue weighted by Crippen LogP contribution is 2.24. The molecule has 0 unspecified atom stereocenters. The minimum absolute atomic E-state index is 0.0767. The second-order valence-corrected chi connectivity index (χ2v) is 4.15. The summed E-state index contributed by atoms with van der Waals surface area (Å²) in [6.45, 7) is 0.153. The number of hydrogen-bond acceptors (Lipinski definition) is 3.